The summed E-state index contributed by atoms with van der Waals surface area (Å²) in [4.78, 5) is 18.0. The quantitative estimate of drug-likeness (QED) is 0.620. The number of hydrogen-bond donors (Lipinski definition) is 1. The summed E-state index contributed by atoms with van der Waals surface area (Å²) in [5.74, 6) is 1.38. The number of methoxy groups -OCH3 is 1. The van der Waals surface area contributed by atoms with Crippen LogP contribution in [0.15, 0.2) is 58.8 Å². The molecule has 4 nitrogen and oxygen atoms in total. The van der Waals surface area contributed by atoms with Crippen molar-refractivity contribution in [3.63, 3.8) is 0 Å². The van der Waals surface area contributed by atoms with Crippen molar-refractivity contribution in [1.82, 2.24) is 4.98 Å². The minimum atomic E-state index is -0.122. The van der Waals surface area contributed by atoms with E-state index in [1.807, 2.05) is 55.5 Å². The molecular weight excluding hydrogens is 352 g/mol. The molecular formula is C19H18N2O2S2. The first kappa shape index (κ1) is 17.5. The largest absolute Gasteiger partial charge is 0.497 e. The summed E-state index contributed by atoms with van der Waals surface area (Å²) in [6.07, 6.45) is 0. The number of amides is 1. The Balaban J connectivity index is 1.71. The van der Waals surface area contributed by atoms with Gasteiger partial charge in [0.25, 0.3) is 5.91 Å². The first-order valence-corrected chi connectivity index (χ1v) is 9.60. The van der Waals surface area contributed by atoms with E-state index < -0.39 is 0 Å². The molecule has 0 radical (unpaired) electrons. The van der Waals surface area contributed by atoms with Gasteiger partial charge in [0, 0.05) is 21.7 Å². The van der Waals surface area contributed by atoms with Gasteiger partial charge in [0.1, 0.15) is 5.75 Å². The summed E-state index contributed by atoms with van der Waals surface area (Å²) in [5, 5.41) is 6.05. The molecule has 1 N–H and O–H groups in total. The summed E-state index contributed by atoms with van der Waals surface area (Å²) < 4.78 is 5.13. The molecule has 1 aromatic heterocycles. The molecule has 25 heavy (non-hydrogen) atoms. The molecule has 0 spiro atoms. The smallest absolute Gasteiger partial charge is 0.256 e. The molecule has 0 aliphatic rings. The van der Waals surface area contributed by atoms with Crippen molar-refractivity contribution in [3.8, 4) is 5.75 Å². The number of carbonyl (C=O) groups is 1. The number of aromatic nitrogens is 1. The Morgan fingerprint density at radius 3 is 2.64 bits per heavy atom. The molecule has 3 rings (SSSR count). The van der Waals surface area contributed by atoms with E-state index in [2.05, 4.69) is 15.7 Å². The first-order valence-electron chi connectivity index (χ1n) is 7.74. The number of rotatable bonds is 6. The van der Waals surface area contributed by atoms with Gasteiger partial charge >= 0.3 is 0 Å². The van der Waals surface area contributed by atoms with Gasteiger partial charge < -0.3 is 10.1 Å². The van der Waals surface area contributed by atoms with Crippen LogP contribution in [-0.2, 0) is 5.75 Å². The van der Waals surface area contributed by atoms with Crippen molar-refractivity contribution < 1.29 is 9.53 Å². The highest BCUT2D eigenvalue weighted by molar-refractivity contribution is 7.98. The standard InChI is InChI=1S/C19H18N2O2S2/c1-13-20-15(11-24-13)12-25-18-6-4-3-5-17(18)19(22)21-14-7-9-16(23-2)10-8-14/h3-11H,12H2,1-2H3,(H,21,22). The van der Waals surface area contributed by atoms with Crippen molar-refractivity contribution in [1.29, 1.82) is 0 Å². The van der Waals surface area contributed by atoms with Crippen LogP contribution in [0.4, 0.5) is 5.69 Å². The molecule has 0 bridgehead atoms. The van der Waals surface area contributed by atoms with E-state index in [0.717, 1.165) is 32.8 Å². The topological polar surface area (TPSA) is 51.2 Å². The van der Waals surface area contributed by atoms with Crippen molar-refractivity contribution in [2.45, 2.75) is 17.6 Å². The summed E-state index contributed by atoms with van der Waals surface area (Å²) in [6.45, 7) is 2.00. The molecule has 0 saturated carbocycles. The minimum Gasteiger partial charge on any atom is -0.497 e. The van der Waals surface area contributed by atoms with E-state index in [0.29, 0.717) is 5.56 Å². The van der Waals surface area contributed by atoms with Gasteiger partial charge in [0.05, 0.1) is 23.4 Å². The van der Waals surface area contributed by atoms with Gasteiger partial charge in [-0.3, -0.25) is 4.79 Å². The van der Waals surface area contributed by atoms with Crippen LogP contribution >= 0.6 is 23.1 Å². The Morgan fingerprint density at radius 2 is 1.96 bits per heavy atom. The maximum absolute atomic E-state index is 12.6. The number of thiazole rings is 1. The fourth-order valence-corrected chi connectivity index (χ4v) is 3.94. The zero-order valence-corrected chi connectivity index (χ0v) is 15.6. The maximum atomic E-state index is 12.6. The zero-order valence-electron chi connectivity index (χ0n) is 14.0. The van der Waals surface area contributed by atoms with Gasteiger partial charge in [-0.1, -0.05) is 12.1 Å². The Morgan fingerprint density at radius 1 is 1.20 bits per heavy atom. The average molecular weight is 370 g/mol. The minimum absolute atomic E-state index is 0.122. The van der Waals surface area contributed by atoms with E-state index in [4.69, 9.17) is 4.74 Å². The number of anilines is 1. The van der Waals surface area contributed by atoms with Crippen LogP contribution in [-0.4, -0.2) is 18.0 Å². The van der Waals surface area contributed by atoms with Crippen LogP contribution in [0.5, 0.6) is 5.75 Å². The monoisotopic (exact) mass is 370 g/mol. The van der Waals surface area contributed by atoms with Crippen molar-refractivity contribution in [2.75, 3.05) is 12.4 Å². The van der Waals surface area contributed by atoms with Gasteiger partial charge in [-0.05, 0) is 43.3 Å². The molecule has 0 saturated heterocycles. The SMILES string of the molecule is COc1ccc(NC(=O)c2ccccc2SCc2csc(C)n2)cc1. The third-order valence-electron chi connectivity index (χ3n) is 3.52. The summed E-state index contributed by atoms with van der Waals surface area (Å²) in [7, 11) is 1.62. The van der Waals surface area contributed by atoms with Crippen LogP contribution < -0.4 is 10.1 Å². The fraction of sp³-hybridized carbons (Fsp3) is 0.158. The molecule has 3 aromatic rings. The van der Waals surface area contributed by atoms with E-state index >= 15 is 0 Å². The maximum Gasteiger partial charge on any atom is 0.256 e. The lowest BCUT2D eigenvalue weighted by Gasteiger charge is -2.10. The number of thioether (sulfide) groups is 1. The fourth-order valence-electron chi connectivity index (χ4n) is 2.28. The van der Waals surface area contributed by atoms with Crippen LogP contribution in [0.1, 0.15) is 21.1 Å². The molecule has 0 aliphatic heterocycles. The van der Waals surface area contributed by atoms with E-state index in [9.17, 15) is 4.79 Å². The molecule has 0 aliphatic carbocycles. The van der Waals surface area contributed by atoms with Gasteiger partial charge in [0.2, 0.25) is 0 Å². The van der Waals surface area contributed by atoms with E-state index in [1.165, 1.54) is 0 Å². The summed E-state index contributed by atoms with van der Waals surface area (Å²) in [5.41, 5.74) is 2.44. The van der Waals surface area contributed by atoms with Crippen LogP contribution in [0, 0.1) is 6.92 Å². The second kappa shape index (κ2) is 8.18. The van der Waals surface area contributed by atoms with E-state index in [1.54, 1.807) is 30.2 Å². The summed E-state index contributed by atoms with van der Waals surface area (Å²) >= 11 is 3.26. The zero-order chi connectivity index (χ0) is 17.6. The highest BCUT2D eigenvalue weighted by Gasteiger charge is 2.12. The Labute approximate surface area is 155 Å². The predicted molar refractivity (Wildman–Crippen MR) is 104 cm³/mol. The molecule has 6 heteroatoms. The van der Waals surface area contributed by atoms with Crippen molar-refractivity contribution in [3.05, 3.63) is 70.2 Å². The van der Waals surface area contributed by atoms with Crippen molar-refractivity contribution >= 4 is 34.7 Å². The number of nitrogens with one attached hydrogen (secondary N) is 1. The van der Waals surface area contributed by atoms with Crippen molar-refractivity contribution in [2.24, 2.45) is 0 Å². The van der Waals surface area contributed by atoms with Crippen LogP contribution in [0.3, 0.4) is 0 Å². The molecule has 0 fully saturated rings. The molecule has 1 heterocycles. The lowest BCUT2D eigenvalue weighted by molar-refractivity contribution is 0.102. The lowest BCUT2D eigenvalue weighted by Crippen LogP contribution is -2.12. The Hall–Kier alpha value is -2.31. The van der Waals surface area contributed by atoms with Gasteiger partial charge in [-0.2, -0.15) is 0 Å². The predicted octanol–water partition coefficient (Wildman–Crippen LogP) is 5.00. The second-order valence-electron chi connectivity index (χ2n) is 5.33. The second-order valence-corrected chi connectivity index (χ2v) is 7.40. The lowest BCUT2D eigenvalue weighted by atomic mass is 10.2. The highest BCUT2D eigenvalue weighted by atomic mass is 32.2. The number of nitrogens with zero attached hydrogens (tertiary/aromatic N) is 1. The molecule has 128 valence electrons. The number of aryl methyl sites for hydroxylation is 1. The molecule has 0 atom stereocenters. The summed E-state index contributed by atoms with van der Waals surface area (Å²) in [6, 6.07) is 14.9. The van der Waals surface area contributed by atoms with E-state index in [-0.39, 0.29) is 5.91 Å². The third kappa shape index (κ3) is 4.61. The molecule has 2 aromatic carbocycles. The number of ether oxygens (including phenoxy) is 1. The molecule has 1 amide bonds. The van der Waals surface area contributed by atoms with Crippen LogP contribution in [0.2, 0.25) is 0 Å². The number of carbonyl (C=O) groups excluding carboxylic acids is 1. The average Bonchev–Trinajstić information content (AvgIpc) is 3.06. The van der Waals surface area contributed by atoms with Gasteiger partial charge in [-0.15, -0.1) is 23.1 Å². The van der Waals surface area contributed by atoms with Crippen LogP contribution in [0.25, 0.3) is 0 Å². The number of hydrogen-bond acceptors (Lipinski definition) is 5. The first-order chi connectivity index (χ1) is 12.2. The highest BCUT2D eigenvalue weighted by Crippen LogP contribution is 2.27. The van der Waals surface area contributed by atoms with Gasteiger partial charge in [0.15, 0.2) is 0 Å². The normalized spacial score (nSPS) is 10.5. The Bertz CT molecular complexity index is 860. The molecule has 0 unspecified atom stereocenters. The number of benzene rings is 2. The Kier molecular flexibility index (Phi) is 5.73. The van der Waals surface area contributed by atoms with Gasteiger partial charge in [-0.25, -0.2) is 4.98 Å². The third-order valence-corrected chi connectivity index (χ3v) is 5.45.